The molecule has 7 aliphatic carbocycles. The lowest BCUT2D eigenvalue weighted by Crippen LogP contribution is -2.29. The summed E-state index contributed by atoms with van der Waals surface area (Å²) in [6, 6.07) is 0. The van der Waals surface area contributed by atoms with Gasteiger partial charge in [-0.2, -0.15) is 0 Å². The first-order valence-electron chi connectivity index (χ1n) is 21.7. The van der Waals surface area contributed by atoms with Crippen LogP contribution in [0.15, 0.2) is 13.3 Å². The summed E-state index contributed by atoms with van der Waals surface area (Å²) in [6.45, 7) is 0. The van der Waals surface area contributed by atoms with Crippen molar-refractivity contribution in [2.45, 2.75) is 190 Å². The van der Waals surface area contributed by atoms with E-state index in [1.165, 1.54) is 135 Å². The Balaban J connectivity index is 0.927. The highest BCUT2D eigenvalue weighted by Crippen LogP contribution is 2.53. The smallest absolute Gasteiger partial charge is 0.219 e. The van der Waals surface area contributed by atoms with Gasteiger partial charge in [0.05, 0.1) is 0 Å². The molecule has 276 valence electrons. The molecular weight excluding hydrogens is 637 g/mol. The largest absolute Gasteiger partial charge is 0.425 e. The van der Waals surface area contributed by atoms with Crippen LogP contribution in [0.1, 0.15) is 225 Å². The molecule has 9 nitrogen and oxygen atoms in total. The zero-order chi connectivity index (χ0) is 33.7. The van der Waals surface area contributed by atoms with Crippen molar-refractivity contribution < 1.29 is 13.3 Å². The van der Waals surface area contributed by atoms with Gasteiger partial charge in [-0.15, -0.1) is 30.6 Å². The van der Waals surface area contributed by atoms with Crippen LogP contribution in [0.25, 0.3) is 0 Å². The Labute approximate surface area is 303 Å². The molecule has 9 unspecified atom stereocenters. The maximum atomic E-state index is 6.74. The van der Waals surface area contributed by atoms with Crippen LogP contribution in [0.2, 0.25) is 0 Å². The van der Waals surface area contributed by atoms with E-state index in [1.54, 1.807) is 0 Å². The summed E-state index contributed by atoms with van der Waals surface area (Å²) < 4.78 is 20.2. The molecule has 9 atom stereocenters. The summed E-state index contributed by atoms with van der Waals surface area (Å²) >= 11 is 0. The zero-order valence-electron chi connectivity index (χ0n) is 30.8. The van der Waals surface area contributed by atoms with Crippen LogP contribution in [0.4, 0.5) is 0 Å². The highest BCUT2D eigenvalue weighted by Gasteiger charge is 2.44. The SMILES string of the molecule is C1CCC2C(C1)CCCC2c1nnc(C2CC(c3nnc(C4CCCC5CCCCC54)o3)CC(c3nnc(C4CCCC5CCCCC54)o3)C2)o1. The highest BCUT2D eigenvalue weighted by atomic mass is 16.4. The number of aromatic nitrogens is 6. The third kappa shape index (κ3) is 6.42. The van der Waals surface area contributed by atoms with E-state index in [2.05, 4.69) is 0 Å². The van der Waals surface area contributed by atoms with E-state index in [4.69, 9.17) is 43.8 Å². The van der Waals surface area contributed by atoms with Gasteiger partial charge < -0.3 is 13.3 Å². The fraction of sp³-hybridized carbons (Fsp3) is 0.857. The topological polar surface area (TPSA) is 117 Å². The van der Waals surface area contributed by atoms with Crippen molar-refractivity contribution in [3.05, 3.63) is 35.3 Å². The lowest BCUT2D eigenvalue weighted by molar-refractivity contribution is 0.125. The molecule has 3 heterocycles. The molecular formula is C42H60N6O3. The number of fused-ring (bicyclic) bond motifs is 3. The Bertz CT molecular complexity index is 1420. The number of hydrogen-bond acceptors (Lipinski definition) is 9. The van der Waals surface area contributed by atoms with Gasteiger partial charge in [-0.25, -0.2) is 0 Å². The van der Waals surface area contributed by atoms with Gasteiger partial charge in [0, 0.05) is 35.5 Å². The van der Waals surface area contributed by atoms with Gasteiger partial charge >= 0.3 is 0 Å². The second-order valence-electron chi connectivity index (χ2n) is 18.5. The minimum Gasteiger partial charge on any atom is -0.425 e. The number of rotatable bonds is 6. The summed E-state index contributed by atoms with van der Waals surface area (Å²) in [5, 5.41) is 28.8. The molecule has 10 rings (SSSR count). The van der Waals surface area contributed by atoms with E-state index >= 15 is 0 Å². The molecule has 3 aromatic rings. The molecule has 0 amide bonds. The van der Waals surface area contributed by atoms with Crippen LogP contribution in [0.3, 0.4) is 0 Å². The summed E-state index contributed by atoms with van der Waals surface area (Å²) in [7, 11) is 0. The Hall–Kier alpha value is -2.58. The van der Waals surface area contributed by atoms with E-state index in [0.717, 1.165) is 72.4 Å². The molecule has 0 aromatic carbocycles. The zero-order valence-corrected chi connectivity index (χ0v) is 30.8. The van der Waals surface area contributed by atoms with Gasteiger partial charge in [-0.3, -0.25) is 0 Å². The molecule has 0 radical (unpaired) electrons. The fourth-order valence-corrected chi connectivity index (χ4v) is 13.3. The molecule has 9 heteroatoms. The monoisotopic (exact) mass is 696 g/mol. The molecule has 0 N–H and O–H groups in total. The summed E-state index contributed by atoms with van der Waals surface area (Å²) in [5.41, 5.74) is 0. The standard InChI is InChI=1S/C42H60N6O3/c1-4-16-31-25(10-1)13-7-19-34(31)40-46-43-37(49-40)28-22-29(38-44-47-41(50-38)35-20-8-14-26-11-2-5-17-32(26)35)24-30(23-28)39-45-48-42(51-39)36-21-9-15-27-12-3-6-18-33(27)36/h25-36H,1-24H2. The Morgan fingerprint density at radius 3 is 0.902 bits per heavy atom. The fourth-order valence-electron chi connectivity index (χ4n) is 13.3. The van der Waals surface area contributed by atoms with E-state index in [-0.39, 0.29) is 17.8 Å². The maximum absolute atomic E-state index is 6.74. The van der Waals surface area contributed by atoms with Gasteiger partial charge in [0.25, 0.3) is 0 Å². The van der Waals surface area contributed by atoms with Crippen molar-refractivity contribution in [1.29, 1.82) is 0 Å². The Kier molecular flexibility index (Phi) is 9.28. The third-order valence-corrected chi connectivity index (χ3v) is 15.8. The van der Waals surface area contributed by atoms with Gasteiger partial charge in [0.2, 0.25) is 35.3 Å². The van der Waals surface area contributed by atoms with Crippen molar-refractivity contribution in [2.24, 2.45) is 35.5 Å². The van der Waals surface area contributed by atoms with Crippen molar-refractivity contribution in [2.75, 3.05) is 0 Å². The van der Waals surface area contributed by atoms with Crippen LogP contribution in [0, 0.1) is 35.5 Å². The van der Waals surface area contributed by atoms with Crippen molar-refractivity contribution in [1.82, 2.24) is 30.6 Å². The van der Waals surface area contributed by atoms with Gasteiger partial charge in [-0.05, 0) is 93.3 Å². The van der Waals surface area contributed by atoms with E-state index in [0.29, 0.717) is 35.5 Å². The molecule has 7 aliphatic rings. The lowest BCUT2D eigenvalue weighted by atomic mass is 9.65. The molecule has 0 spiro atoms. The first-order valence-corrected chi connectivity index (χ1v) is 21.7. The third-order valence-electron chi connectivity index (χ3n) is 15.8. The molecule has 0 aliphatic heterocycles. The predicted octanol–water partition coefficient (Wildman–Crippen LogP) is 10.9. The lowest BCUT2D eigenvalue weighted by Gasteiger charge is -2.40. The Morgan fingerprint density at radius 1 is 0.294 bits per heavy atom. The minimum absolute atomic E-state index is 0.0984. The average Bonchev–Trinajstić information content (AvgIpc) is 4.00. The van der Waals surface area contributed by atoms with Crippen LogP contribution >= 0.6 is 0 Å². The first-order chi connectivity index (χ1) is 25.2. The van der Waals surface area contributed by atoms with Crippen molar-refractivity contribution >= 4 is 0 Å². The van der Waals surface area contributed by atoms with Gasteiger partial charge in [-0.1, -0.05) is 96.3 Å². The van der Waals surface area contributed by atoms with Crippen LogP contribution in [-0.4, -0.2) is 30.6 Å². The highest BCUT2D eigenvalue weighted by molar-refractivity contribution is 5.12. The number of hydrogen-bond donors (Lipinski definition) is 0. The molecule has 0 saturated heterocycles. The van der Waals surface area contributed by atoms with Crippen LogP contribution in [0.5, 0.6) is 0 Å². The normalized spacial score (nSPS) is 40.2. The molecule has 0 bridgehead atoms. The van der Waals surface area contributed by atoms with Crippen LogP contribution < -0.4 is 0 Å². The molecule has 7 saturated carbocycles. The first kappa shape index (κ1) is 33.0. The van der Waals surface area contributed by atoms with Crippen LogP contribution in [-0.2, 0) is 0 Å². The average molecular weight is 697 g/mol. The van der Waals surface area contributed by atoms with Crippen molar-refractivity contribution in [3.63, 3.8) is 0 Å². The summed E-state index contributed by atoms with van der Waals surface area (Å²) in [4.78, 5) is 0. The summed E-state index contributed by atoms with van der Waals surface area (Å²) in [5.74, 6) is 11.1. The molecule has 3 aromatic heterocycles. The van der Waals surface area contributed by atoms with E-state index < -0.39 is 0 Å². The van der Waals surface area contributed by atoms with E-state index in [9.17, 15) is 0 Å². The van der Waals surface area contributed by atoms with Gasteiger partial charge in [0.1, 0.15) is 0 Å². The minimum atomic E-state index is 0.0984. The molecule has 7 fully saturated rings. The Morgan fingerprint density at radius 2 is 0.569 bits per heavy atom. The predicted molar refractivity (Wildman–Crippen MR) is 191 cm³/mol. The van der Waals surface area contributed by atoms with Crippen molar-refractivity contribution in [3.8, 4) is 0 Å². The molecule has 51 heavy (non-hydrogen) atoms. The quantitative estimate of drug-likeness (QED) is 0.248. The second-order valence-corrected chi connectivity index (χ2v) is 18.5. The number of nitrogens with zero attached hydrogens (tertiary/aromatic N) is 6. The maximum Gasteiger partial charge on any atom is 0.219 e. The second kappa shape index (κ2) is 14.3. The van der Waals surface area contributed by atoms with Gasteiger partial charge in [0.15, 0.2) is 0 Å². The van der Waals surface area contributed by atoms with E-state index in [1.807, 2.05) is 0 Å². The summed E-state index contributed by atoms with van der Waals surface area (Å²) in [6.07, 6.45) is 30.3.